The second-order valence-electron chi connectivity index (χ2n) is 5.51. The molecule has 1 aliphatic rings. The first-order chi connectivity index (χ1) is 9.97. The van der Waals surface area contributed by atoms with Gasteiger partial charge in [-0.25, -0.2) is 23.1 Å². The van der Waals surface area contributed by atoms with Gasteiger partial charge in [0.1, 0.15) is 4.90 Å². The van der Waals surface area contributed by atoms with Crippen LogP contribution in [-0.4, -0.2) is 49.5 Å². The van der Waals surface area contributed by atoms with Gasteiger partial charge in [0.15, 0.2) is 0 Å². The van der Waals surface area contributed by atoms with E-state index < -0.39 is 10.0 Å². The molecule has 1 aromatic heterocycles. The number of rotatable bonds is 6. The van der Waals surface area contributed by atoms with Gasteiger partial charge in [-0.3, -0.25) is 0 Å². The van der Waals surface area contributed by atoms with Crippen LogP contribution in [0.3, 0.4) is 0 Å². The Morgan fingerprint density at radius 1 is 1.29 bits per heavy atom. The number of sulfonamides is 1. The van der Waals surface area contributed by atoms with Crippen molar-refractivity contribution in [3.63, 3.8) is 0 Å². The molecule has 21 heavy (non-hydrogen) atoms. The third kappa shape index (κ3) is 5.18. The second-order valence-corrected chi connectivity index (χ2v) is 7.61. The van der Waals surface area contributed by atoms with Crippen LogP contribution in [0.2, 0.25) is 5.28 Å². The number of nitrogens with zero attached hydrogens (tertiary/aromatic N) is 3. The van der Waals surface area contributed by atoms with Gasteiger partial charge in [0.2, 0.25) is 15.3 Å². The summed E-state index contributed by atoms with van der Waals surface area (Å²) in [5.74, 6) is 0.256. The molecular formula is C13H21ClN4O2S. The Balaban J connectivity index is 1.84. The van der Waals surface area contributed by atoms with E-state index in [1.54, 1.807) is 0 Å². The van der Waals surface area contributed by atoms with Gasteiger partial charge in [0.05, 0.1) is 12.4 Å². The number of hydrogen-bond acceptors (Lipinski definition) is 5. The van der Waals surface area contributed by atoms with Gasteiger partial charge in [-0.05, 0) is 43.5 Å². The van der Waals surface area contributed by atoms with Crippen LogP contribution in [0.25, 0.3) is 0 Å². The summed E-state index contributed by atoms with van der Waals surface area (Å²) in [7, 11) is -3.57. The molecule has 0 saturated carbocycles. The molecule has 2 heterocycles. The van der Waals surface area contributed by atoms with Crippen LogP contribution < -0.4 is 4.72 Å². The Bertz CT molecular complexity index is 544. The third-order valence-electron chi connectivity index (χ3n) is 3.55. The molecular weight excluding hydrogens is 312 g/mol. The van der Waals surface area contributed by atoms with Crippen LogP contribution >= 0.6 is 11.6 Å². The topological polar surface area (TPSA) is 75.2 Å². The van der Waals surface area contributed by atoms with E-state index in [0.717, 1.165) is 19.6 Å². The Labute approximate surface area is 131 Å². The number of hydrogen-bond donors (Lipinski definition) is 1. The number of aromatic nitrogens is 2. The van der Waals surface area contributed by atoms with Crippen LogP contribution in [0.1, 0.15) is 26.2 Å². The van der Waals surface area contributed by atoms with Gasteiger partial charge in [-0.1, -0.05) is 13.3 Å². The van der Waals surface area contributed by atoms with Crippen LogP contribution in [-0.2, 0) is 10.0 Å². The molecule has 0 bridgehead atoms. The molecule has 0 spiro atoms. The Hall–Kier alpha value is -0.760. The SMILES string of the molecule is CC(CNS(=O)(=O)c1cnc(Cl)nc1)CN1CCCCC1. The number of likely N-dealkylation sites (tertiary alicyclic amines) is 1. The zero-order chi connectivity index (χ0) is 15.3. The van der Waals surface area contributed by atoms with Crippen molar-refractivity contribution < 1.29 is 8.42 Å². The highest BCUT2D eigenvalue weighted by Gasteiger charge is 2.18. The lowest BCUT2D eigenvalue weighted by atomic mass is 10.1. The summed E-state index contributed by atoms with van der Waals surface area (Å²) in [5.41, 5.74) is 0. The van der Waals surface area contributed by atoms with E-state index in [9.17, 15) is 8.42 Å². The zero-order valence-electron chi connectivity index (χ0n) is 12.1. The van der Waals surface area contributed by atoms with E-state index in [1.807, 2.05) is 0 Å². The number of nitrogens with one attached hydrogen (secondary N) is 1. The number of piperidine rings is 1. The lowest BCUT2D eigenvalue weighted by Gasteiger charge is -2.29. The first-order valence-corrected chi connectivity index (χ1v) is 9.03. The summed E-state index contributed by atoms with van der Waals surface area (Å²) in [4.78, 5) is 9.82. The maximum Gasteiger partial charge on any atom is 0.243 e. The molecule has 1 atom stereocenters. The zero-order valence-corrected chi connectivity index (χ0v) is 13.7. The summed E-state index contributed by atoms with van der Waals surface area (Å²) in [6.07, 6.45) is 6.20. The van der Waals surface area contributed by atoms with Crippen molar-refractivity contribution in [1.29, 1.82) is 0 Å². The predicted molar refractivity (Wildman–Crippen MR) is 81.7 cm³/mol. The summed E-state index contributed by atoms with van der Waals surface area (Å²) in [6.45, 7) is 5.60. The van der Waals surface area contributed by atoms with Gasteiger partial charge >= 0.3 is 0 Å². The molecule has 1 aliphatic heterocycles. The maximum absolute atomic E-state index is 12.1. The van der Waals surface area contributed by atoms with Crippen LogP contribution in [0.5, 0.6) is 0 Å². The van der Waals surface area contributed by atoms with E-state index >= 15 is 0 Å². The van der Waals surface area contributed by atoms with Crippen molar-refractivity contribution >= 4 is 21.6 Å². The largest absolute Gasteiger partial charge is 0.303 e. The van der Waals surface area contributed by atoms with Gasteiger partial charge < -0.3 is 4.90 Å². The highest BCUT2D eigenvalue weighted by atomic mass is 35.5. The van der Waals surface area contributed by atoms with E-state index in [-0.39, 0.29) is 16.1 Å². The highest BCUT2D eigenvalue weighted by Crippen LogP contribution is 2.12. The minimum atomic E-state index is -3.57. The van der Waals surface area contributed by atoms with E-state index in [0.29, 0.717) is 6.54 Å². The third-order valence-corrected chi connectivity index (χ3v) is 5.12. The molecule has 8 heteroatoms. The minimum Gasteiger partial charge on any atom is -0.303 e. The fourth-order valence-corrected chi connectivity index (χ4v) is 3.57. The molecule has 118 valence electrons. The summed E-state index contributed by atoms with van der Waals surface area (Å²) in [6, 6.07) is 0. The molecule has 1 unspecified atom stereocenters. The quantitative estimate of drug-likeness (QED) is 0.800. The average Bonchev–Trinajstić information content (AvgIpc) is 2.47. The first kappa shape index (κ1) is 16.6. The smallest absolute Gasteiger partial charge is 0.243 e. The lowest BCUT2D eigenvalue weighted by molar-refractivity contribution is 0.201. The monoisotopic (exact) mass is 332 g/mol. The van der Waals surface area contributed by atoms with Gasteiger partial charge in [0, 0.05) is 13.1 Å². The maximum atomic E-state index is 12.1. The highest BCUT2D eigenvalue weighted by molar-refractivity contribution is 7.89. The van der Waals surface area contributed by atoms with Crippen molar-refractivity contribution in [2.75, 3.05) is 26.2 Å². The van der Waals surface area contributed by atoms with Crippen molar-refractivity contribution in [2.24, 2.45) is 5.92 Å². The fourth-order valence-electron chi connectivity index (χ4n) is 2.42. The molecule has 6 nitrogen and oxygen atoms in total. The predicted octanol–water partition coefficient (Wildman–Crippen LogP) is 1.53. The van der Waals surface area contributed by atoms with Crippen molar-refractivity contribution in [2.45, 2.75) is 31.1 Å². The fraction of sp³-hybridized carbons (Fsp3) is 0.692. The van der Waals surface area contributed by atoms with Crippen molar-refractivity contribution in [3.05, 3.63) is 17.7 Å². The Morgan fingerprint density at radius 2 is 1.90 bits per heavy atom. The van der Waals surface area contributed by atoms with Crippen LogP contribution in [0.15, 0.2) is 17.3 Å². The van der Waals surface area contributed by atoms with Crippen LogP contribution in [0, 0.1) is 5.92 Å². The van der Waals surface area contributed by atoms with Crippen molar-refractivity contribution in [3.8, 4) is 0 Å². The Morgan fingerprint density at radius 3 is 2.52 bits per heavy atom. The minimum absolute atomic E-state index is 0.0346. The standard InChI is InChI=1S/C13H21ClN4O2S/c1-11(10-18-5-3-2-4-6-18)7-17-21(19,20)12-8-15-13(14)16-9-12/h8-9,11,17H,2-7,10H2,1H3. The van der Waals surface area contributed by atoms with Crippen molar-refractivity contribution in [1.82, 2.24) is 19.6 Å². The molecule has 1 N–H and O–H groups in total. The normalized spacial score (nSPS) is 18.6. The van der Waals surface area contributed by atoms with E-state index in [2.05, 4.69) is 26.5 Å². The molecule has 1 aromatic rings. The summed E-state index contributed by atoms with van der Waals surface area (Å²) < 4.78 is 26.8. The second kappa shape index (κ2) is 7.49. The molecule has 1 fully saturated rings. The Kier molecular flexibility index (Phi) is 5.92. The summed E-state index contributed by atoms with van der Waals surface area (Å²) in [5, 5.41) is 0.0346. The molecule has 0 aliphatic carbocycles. The van der Waals surface area contributed by atoms with Gasteiger partial charge in [0.25, 0.3) is 0 Å². The first-order valence-electron chi connectivity index (χ1n) is 7.17. The van der Waals surface area contributed by atoms with Gasteiger partial charge in [-0.15, -0.1) is 0 Å². The molecule has 2 rings (SSSR count). The summed E-state index contributed by atoms with van der Waals surface area (Å²) >= 11 is 5.55. The number of halogens is 1. The molecule has 0 aromatic carbocycles. The lowest BCUT2D eigenvalue weighted by Crippen LogP contribution is -2.38. The molecule has 1 saturated heterocycles. The molecule has 0 amide bonds. The van der Waals surface area contributed by atoms with Crippen LogP contribution in [0.4, 0.5) is 0 Å². The average molecular weight is 333 g/mol. The van der Waals surface area contributed by atoms with Gasteiger partial charge in [-0.2, -0.15) is 0 Å². The van der Waals surface area contributed by atoms with E-state index in [4.69, 9.17) is 11.6 Å². The molecule has 0 radical (unpaired) electrons. The van der Waals surface area contributed by atoms with E-state index in [1.165, 1.54) is 31.7 Å².